The van der Waals surface area contributed by atoms with Crippen LogP contribution in [0.1, 0.15) is 25.0 Å². The van der Waals surface area contributed by atoms with Crippen LogP contribution >= 0.6 is 11.6 Å². The number of rotatable bonds is 7. The summed E-state index contributed by atoms with van der Waals surface area (Å²) in [4.78, 5) is 56.5. The first-order valence-corrected chi connectivity index (χ1v) is 12.0. The summed E-state index contributed by atoms with van der Waals surface area (Å²) in [5.41, 5.74) is 1.66. The topological polar surface area (TPSA) is 124 Å². The molecule has 3 aromatic rings. The van der Waals surface area contributed by atoms with Crippen LogP contribution in [0.4, 0.5) is 5.69 Å². The molecule has 4 rings (SSSR count). The minimum atomic E-state index is -1.80. The lowest BCUT2D eigenvalue weighted by atomic mass is 10.1. The maximum atomic E-state index is 14.0. The summed E-state index contributed by atoms with van der Waals surface area (Å²) in [6.07, 6.45) is -0.463. The van der Waals surface area contributed by atoms with E-state index >= 15 is 0 Å². The summed E-state index contributed by atoms with van der Waals surface area (Å²) in [5, 5.41) is 2.95. The zero-order chi connectivity index (χ0) is 27.2. The normalized spacial score (nSPS) is 13.5. The molecule has 1 aromatic heterocycles. The molecule has 2 aromatic carbocycles. The molecule has 0 radical (unpaired) electrons. The van der Waals surface area contributed by atoms with E-state index in [0.29, 0.717) is 22.1 Å². The molecular weight excluding hydrogens is 514 g/mol. The molecule has 1 aliphatic rings. The Morgan fingerprint density at radius 2 is 1.66 bits per heavy atom. The van der Waals surface area contributed by atoms with Gasteiger partial charge in [0.05, 0.1) is 12.2 Å². The summed E-state index contributed by atoms with van der Waals surface area (Å²) in [5.74, 6) is -2.49. The van der Waals surface area contributed by atoms with E-state index in [9.17, 15) is 19.2 Å². The number of hydrogen-bond donors (Lipinski definition) is 1. The van der Waals surface area contributed by atoms with Crippen LogP contribution in [0.15, 0.2) is 67.0 Å². The third-order valence-corrected chi connectivity index (χ3v) is 5.81. The van der Waals surface area contributed by atoms with Crippen molar-refractivity contribution in [3.05, 3.63) is 83.1 Å². The molecule has 0 bridgehead atoms. The highest BCUT2D eigenvalue weighted by atomic mass is 35.5. The average Bonchev–Trinajstić information content (AvgIpc) is 3.05. The van der Waals surface area contributed by atoms with Gasteiger partial charge in [-0.05, 0) is 42.0 Å². The summed E-state index contributed by atoms with van der Waals surface area (Å²) in [6, 6.07) is 15.2. The van der Waals surface area contributed by atoms with Crippen LogP contribution in [0.5, 0.6) is 11.5 Å². The number of ether oxygens (including phenoxy) is 3. The van der Waals surface area contributed by atoms with Crippen molar-refractivity contribution in [2.45, 2.75) is 39.1 Å². The molecule has 2 atom stereocenters. The van der Waals surface area contributed by atoms with Crippen LogP contribution in [0.2, 0.25) is 5.02 Å². The van der Waals surface area contributed by atoms with Gasteiger partial charge in [-0.2, -0.15) is 0 Å². The van der Waals surface area contributed by atoms with Gasteiger partial charge >= 0.3 is 11.9 Å². The highest BCUT2D eigenvalue weighted by Gasteiger charge is 2.43. The van der Waals surface area contributed by atoms with Gasteiger partial charge < -0.3 is 24.4 Å². The van der Waals surface area contributed by atoms with Crippen LogP contribution < -0.4 is 15.0 Å². The van der Waals surface area contributed by atoms with Crippen LogP contribution in [-0.2, 0) is 41.7 Å². The molecular formula is C27H24ClN3O7. The Hall–Kier alpha value is -4.44. The third kappa shape index (κ3) is 6.27. The first-order valence-electron chi connectivity index (χ1n) is 11.6. The fourth-order valence-corrected chi connectivity index (χ4v) is 4.05. The van der Waals surface area contributed by atoms with Crippen LogP contribution in [0.25, 0.3) is 0 Å². The predicted molar refractivity (Wildman–Crippen MR) is 136 cm³/mol. The molecule has 0 fully saturated rings. The van der Waals surface area contributed by atoms with Crippen molar-refractivity contribution in [1.29, 1.82) is 0 Å². The molecule has 1 aliphatic heterocycles. The van der Waals surface area contributed by atoms with Gasteiger partial charge in [-0.3, -0.25) is 24.2 Å². The lowest BCUT2D eigenvalue weighted by Gasteiger charge is -2.30. The van der Waals surface area contributed by atoms with E-state index in [1.54, 1.807) is 60.9 Å². The molecule has 2 heterocycles. The second kappa shape index (κ2) is 11.7. The molecule has 0 aliphatic carbocycles. The summed E-state index contributed by atoms with van der Waals surface area (Å²) in [6.45, 7) is 2.24. The van der Waals surface area contributed by atoms with E-state index in [0.717, 1.165) is 19.4 Å². The molecule has 38 heavy (non-hydrogen) atoms. The summed E-state index contributed by atoms with van der Waals surface area (Å²) in [7, 11) is 0. The van der Waals surface area contributed by atoms with E-state index in [-0.39, 0.29) is 18.8 Å². The van der Waals surface area contributed by atoms with E-state index in [4.69, 9.17) is 25.8 Å². The zero-order valence-corrected chi connectivity index (χ0v) is 21.3. The van der Waals surface area contributed by atoms with E-state index in [2.05, 4.69) is 10.3 Å². The molecule has 2 unspecified atom stereocenters. The second-order valence-corrected chi connectivity index (χ2v) is 8.82. The zero-order valence-electron chi connectivity index (χ0n) is 20.5. The van der Waals surface area contributed by atoms with Crippen LogP contribution in [0.3, 0.4) is 0 Å². The van der Waals surface area contributed by atoms with Gasteiger partial charge in [-0.1, -0.05) is 29.8 Å². The molecule has 2 amide bonds. The van der Waals surface area contributed by atoms with Crippen molar-refractivity contribution in [3.63, 3.8) is 0 Å². The molecule has 0 saturated carbocycles. The number of anilines is 1. The van der Waals surface area contributed by atoms with Gasteiger partial charge in [0.2, 0.25) is 12.2 Å². The maximum absolute atomic E-state index is 14.0. The minimum Gasteiger partial charge on any atom is -0.455 e. The van der Waals surface area contributed by atoms with Crippen molar-refractivity contribution >= 4 is 41.0 Å². The molecule has 0 spiro atoms. The highest BCUT2D eigenvalue weighted by molar-refractivity contribution is 6.31. The standard InChI is InChI=1S/C27H24ClN3O7/c1-16(32)36-24(26(34)30-14-18-9-11-29-12-10-18)25(37-17(2)33)27(35)31-15-19-5-3-4-6-22(19)38-23-8-7-20(28)13-21(23)31/h3-13,24-25H,14-15H2,1-2H3,(H,30,34). The number of carbonyl (C=O) groups excluding carboxylic acids is 4. The minimum absolute atomic E-state index is 0.00550. The molecule has 11 heteroatoms. The van der Waals surface area contributed by atoms with Gasteiger partial charge in [0, 0.05) is 43.4 Å². The van der Waals surface area contributed by atoms with Crippen molar-refractivity contribution in [2.75, 3.05) is 4.90 Å². The van der Waals surface area contributed by atoms with Gasteiger partial charge in [0.25, 0.3) is 11.8 Å². The fraction of sp³-hybridized carbons (Fsp3) is 0.222. The lowest BCUT2D eigenvalue weighted by molar-refractivity contribution is -0.174. The van der Waals surface area contributed by atoms with Gasteiger partial charge in [0.15, 0.2) is 5.75 Å². The molecule has 1 N–H and O–H groups in total. The summed E-state index contributed by atoms with van der Waals surface area (Å²) >= 11 is 6.24. The Morgan fingerprint density at radius 1 is 0.974 bits per heavy atom. The largest absolute Gasteiger partial charge is 0.455 e. The van der Waals surface area contributed by atoms with Gasteiger partial charge in [0.1, 0.15) is 5.75 Å². The number of benzene rings is 2. The average molecular weight is 538 g/mol. The van der Waals surface area contributed by atoms with E-state index in [1.165, 1.54) is 11.0 Å². The first kappa shape index (κ1) is 26.6. The Kier molecular flexibility index (Phi) is 8.22. The smallest absolute Gasteiger partial charge is 0.303 e. The number of amides is 2. The van der Waals surface area contributed by atoms with Crippen LogP contribution in [0, 0.1) is 0 Å². The highest BCUT2D eigenvalue weighted by Crippen LogP contribution is 2.40. The molecule has 10 nitrogen and oxygen atoms in total. The number of para-hydroxylation sites is 1. The number of esters is 2. The van der Waals surface area contributed by atoms with Crippen molar-refractivity contribution < 1.29 is 33.4 Å². The number of nitrogens with one attached hydrogen (secondary N) is 1. The Balaban J connectivity index is 1.71. The lowest BCUT2D eigenvalue weighted by Crippen LogP contribution is -2.54. The Bertz CT molecular complexity index is 1370. The third-order valence-electron chi connectivity index (χ3n) is 5.58. The second-order valence-electron chi connectivity index (χ2n) is 8.38. The van der Waals surface area contributed by atoms with Crippen molar-refractivity contribution in [2.24, 2.45) is 0 Å². The van der Waals surface area contributed by atoms with Gasteiger partial charge in [-0.15, -0.1) is 0 Å². The quantitative estimate of drug-likeness (QED) is 0.454. The van der Waals surface area contributed by atoms with Crippen molar-refractivity contribution in [1.82, 2.24) is 10.3 Å². The maximum Gasteiger partial charge on any atom is 0.303 e. The number of nitrogens with zero attached hydrogens (tertiary/aromatic N) is 2. The first-order chi connectivity index (χ1) is 18.2. The number of pyridine rings is 1. The van der Waals surface area contributed by atoms with Gasteiger partial charge in [-0.25, -0.2) is 0 Å². The number of halogens is 1. The van der Waals surface area contributed by atoms with E-state index in [1.807, 2.05) is 0 Å². The number of aromatic nitrogens is 1. The number of fused-ring (bicyclic) bond motifs is 2. The summed E-state index contributed by atoms with van der Waals surface area (Å²) < 4.78 is 16.6. The Labute approximate surface area is 223 Å². The SMILES string of the molecule is CC(=O)OC(C(=O)NCc1ccncc1)C(OC(C)=O)C(=O)N1Cc2ccccc2Oc2ccc(Cl)cc21. The molecule has 196 valence electrons. The fourth-order valence-electron chi connectivity index (χ4n) is 3.89. The Morgan fingerprint density at radius 3 is 2.37 bits per heavy atom. The molecule has 0 saturated heterocycles. The monoisotopic (exact) mass is 537 g/mol. The van der Waals surface area contributed by atoms with Crippen molar-refractivity contribution in [3.8, 4) is 11.5 Å². The van der Waals surface area contributed by atoms with E-state index < -0.39 is 36.0 Å². The number of hydrogen-bond acceptors (Lipinski definition) is 8. The number of carbonyl (C=O) groups is 4. The predicted octanol–water partition coefficient (Wildman–Crippen LogP) is 3.55. The van der Waals surface area contributed by atoms with Crippen LogP contribution in [-0.4, -0.2) is 40.9 Å².